The van der Waals surface area contributed by atoms with E-state index in [1.54, 1.807) is 25.1 Å². The number of carbonyl (C=O) groups excluding carboxylic acids is 2. The van der Waals surface area contributed by atoms with Crippen LogP contribution in [0.25, 0.3) is 0 Å². The molecule has 0 radical (unpaired) electrons. The first-order valence-electron chi connectivity index (χ1n) is 7.89. The molecule has 2 atom stereocenters. The van der Waals surface area contributed by atoms with Gasteiger partial charge in [-0.15, -0.1) is 0 Å². The van der Waals surface area contributed by atoms with Crippen LogP contribution in [0.5, 0.6) is 0 Å². The molecule has 2 aliphatic rings. The highest BCUT2D eigenvalue weighted by Gasteiger charge is 2.57. The average Bonchev–Trinajstić information content (AvgIpc) is 3.02. The van der Waals surface area contributed by atoms with E-state index in [9.17, 15) is 22.8 Å². The van der Waals surface area contributed by atoms with Crippen molar-refractivity contribution in [1.82, 2.24) is 5.32 Å². The molecule has 1 saturated heterocycles. The van der Waals surface area contributed by atoms with Crippen molar-refractivity contribution in [2.24, 2.45) is 0 Å². The summed E-state index contributed by atoms with van der Waals surface area (Å²) in [4.78, 5) is 26.3. The minimum atomic E-state index is -4.42. The minimum Gasteiger partial charge on any atom is -0.370 e. The van der Waals surface area contributed by atoms with Gasteiger partial charge >= 0.3 is 6.18 Å². The highest BCUT2D eigenvalue weighted by atomic mass is 35.5. The zero-order valence-electron chi connectivity index (χ0n) is 13.7. The molecule has 0 aromatic heterocycles. The Kier molecular flexibility index (Phi) is 5.15. The molecule has 2 amide bonds. The number of rotatable bonds is 5. The van der Waals surface area contributed by atoms with Gasteiger partial charge in [0.1, 0.15) is 6.61 Å². The Balaban J connectivity index is 1.71. The Hall–Kier alpha value is -1.45. The second-order valence-electron chi connectivity index (χ2n) is 6.23. The van der Waals surface area contributed by atoms with Gasteiger partial charge in [-0.05, 0) is 31.5 Å². The van der Waals surface area contributed by atoms with Gasteiger partial charge in [-0.1, -0.05) is 23.4 Å². The van der Waals surface area contributed by atoms with Gasteiger partial charge in [-0.25, -0.2) is 0 Å². The van der Waals surface area contributed by atoms with Gasteiger partial charge < -0.3 is 10.1 Å². The number of hydrogen-bond donors (Lipinski definition) is 1. The number of halogens is 4. The van der Waals surface area contributed by atoms with Crippen LogP contribution in [0, 0.1) is 0 Å². The molecular weight excluding hydrogens is 393 g/mol. The summed E-state index contributed by atoms with van der Waals surface area (Å²) in [5.74, 6) is -0.613. The third kappa shape index (κ3) is 3.65. The predicted octanol–water partition coefficient (Wildman–Crippen LogP) is 3.35. The van der Waals surface area contributed by atoms with E-state index in [0.29, 0.717) is 17.1 Å². The van der Waals surface area contributed by atoms with E-state index in [1.807, 2.05) is 0 Å². The van der Waals surface area contributed by atoms with Crippen LogP contribution < -0.4 is 10.2 Å². The summed E-state index contributed by atoms with van der Waals surface area (Å²) in [6.07, 6.45) is -3.89. The standard InChI is InChI=1S/C16H16ClF3N2O3S/c1-9(7-25-8-16(18,19)20)21-14(24)15-5-4-13(23)22(15)11-6-10(17)2-3-12(11)26-15/h2-3,6,9H,4-5,7-8H2,1H3,(H,21,24)/t9-,15+/m1/s1. The van der Waals surface area contributed by atoms with Crippen LogP contribution >= 0.6 is 23.4 Å². The first kappa shape index (κ1) is 19.3. The van der Waals surface area contributed by atoms with E-state index in [0.717, 1.165) is 4.90 Å². The summed E-state index contributed by atoms with van der Waals surface area (Å²) in [6.45, 7) is -0.101. The summed E-state index contributed by atoms with van der Waals surface area (Å²) in [5, 5.41) is 3.11. The smallest absolute Gasteiger partial charge is 0.370 e. The lowest BCUT2D eigenvalue weighted by atomic mass is 10.1. The largest absolute Gasteiger partial charge is 0.411 e. The number of benzene rings is 1. The number of amides is 2. The quantitative estimate of drug-likeness (QED) is 0.811. The molecule has 0 unspecified atom stereocenters. The minimum absolute atomic E-state index is 0.186. The van der Waals surface area contributed by atoms with Gasteiger partial charge in [0.2, 0.25) is 5.91 Å². The van der Waals surface area contributed by atoms with Gasteiger partial charge in [0.05, 0.1) is 12.3 Å². The lowest BCUT2D eigenvalue weighted by Gasteiger charge is -2.31. The van der Waals surface area contributed by atoms with Crippen LogP contribution in [0.2, 0.25) is 5.02 Å². The first-order chi connectivity index (χ1) is 12.1. The number of carbonyl (C=O) groups is 2. The lowest BCUT2D eigenvalue weighted by Crippen LogP contribution is -2.54. The van der Waals surface area contributed by atoms with E-state index < -0.39 is 29.6 Å². The van der Waals surface area contributed by atoms with Crippen molar-refractivity contribution >= 4 is 40.9 Å². The van der Waals surface area contributed by atoms with Crippen LogP contribution in [0.4, 0.5) is 18.9 Å². The number of hydrogen-bond acceptors (Lipinski definition) is 4. The van der Waals surface area contributed by atoms with Gasteiger partial charge in [-0.3, -0.25) is 14.5 Å². The number of alkyl halides is 3. The van der Waals surface area contributed by atoms with Gasteiger partial charge in [0, 0.05) is 22.4 Å². The fraction of sp³-hybridized carbons (Fsp3) is 0.500. The van der Waals surface area contributed by atoms with E-state index in [-0.39, 0.29) is 18.9 Å². The van der Waals surface area contributed by atoms with Crippen molar-refractivity contribution in [3.05, 3.63) is 23.2 Å². The number of nitrogens with one attached hydrogen (secondary N) is 1. The number of thioether (sulfide) groups is 1. The van der Waals surface area contributed by atoms with Crippen molar-refractivity contribution in [2.75, 3.05) is 18.1 Å². The normalized spacial score (nSPS) is 23.0. The van der Waals surface area contributed by atoms with E-state index >= 15 is 0 Å². The summed E-state index contributed by atoms with van der Waals surface area (Å²) in [7, 11) is 0. The number of ether oxygens (including phenoxy) is 1. The molecule has 1 aromatic rings. The maximum Gasteiger partial charge on any atom is 0.411 e. The number of nitrogens with zero attached hydrogens (tertiary/aromatic N) is 1. The van der Waals surface area contributed by atoms with Crippen molar-refractivity contribution < 1.29 is 27.5 Å². The Morgan fingerprint density at radius 3 is 2.92 bits per heavy atom. The summed E-state index contributed by atoms with van der Waals surface area (Å²) in [6, 6.07) is 4.43. The highest BCUT2D eigenvalue weighted by Crippen LogP contribution is 2.56. The highest BCUT2D eigenvalue weighted by molar-refractivity contribution is 8.02. The molecule has 1 aromatic carbocycles. The van der Waals surface area contributed by atoms with Crippen LogP contribution in [0.3, 0.4) is 0 Å². The first-order valence-corrected chi connectivity index (χ1v) is 9.09. The average molecular weight is 409 g/mol. The van der Waals surface area contributed by atoms with Crippen LogP contribution in [0.1, 0.15) is 19.8 Å². The Morgan fingerprint density at radius 1 is 1.50 bits per heavy atom. The molecule has 0 bridgehead atoms. The molecule has 0 saturated carbocycles. The van der Waals surface area contributed by atoms with E-state index in [4.69, 9.17) is 11.6 Å². The number of fused-ring (bicyclic) bond motifs is 3. The molecule has 142 valence electrons. The summed E-state index contributed by atoms with van der Waals surface area (Å²) >= 11 is 7.27. The second-order valence-corrected chi connectivity index (χ2v) is 7.99. The lowest BCUT2D eigenvalue weighted by molar-refractivity contribution is -0.175. The Labute approximate surface area is 157 Å². The van der Waals surface area contributed by atoms with Crippen LogP contribution in [0.15, 0.2) is 23.1 Å². The fourth-order valence-corrected chi connectivity index (χ4v) is 4.62. The molecule has 2 heterocycles. The predicted molar refractivity (Wildman–Crippen MR) is 91.2 cm³/mol. The van der Waals surface area contributed by atoms with Gasteiger partial charge in [0.25, 0.3) is 5.91 Å². The molecule has 2 aliphatic heterocycles. The van der Waals surface area contributed by atoms with Crippen LogP contribution in [-0.2, 0) is 14.3 Å². The monoisotopic (exact) mass is 408 g/mol. The summed E-state index contributed by atoms with van der Waals surface area (Å²) in [5.41, 5.74) is 0.584. The zero-order chi connectivity index (χ0) is 19.1. The van der Waals surface area contributed by atoms with Crippen molar-refractivity contribution in [3.63, 3.8) is 0 Å². The van der Waals surface area contributed by atoms with Crippen molar-refractivity contribution in [2.45, 2.75) is 41.7 Å². The van der Waals surface area contributed by atoms with Crippen molar-refractivity contribution in [3.8, 4) is 0 Å². The Morgan fingerprint density at radius 2 is 2.23 bits per heavy atom. The zero-order valence-corrected chi connectivity index (χ0v) is 15.3. The van der Waals surface area contributed by atoms with Gasteiger partial charge in [-0.2, -0.15) is 13.2 Å². The molecule has 1 N–H and O–H groups in total. The third-order valence-electron chi connectivity index (χ3n) is 4.09. The molecule has 5 nitrogen and oxygen atoms in total. The second kappa shape index (κ2) is 6.94. The van der Waals surface area contributed by atoms with Gasteiger partial charge in [0.15, 0.2) is 4.87 Å². The maximum atomic E-state index is 12.9. The fourth-order valence-electron chi connectivity index (χ4n) is 3.05. The van der Waals surface area contributed by atoms with Crippen LogP contribution in [-0.4, -0.2) is 42.1 Å². The van der Waals surface area contributed by atoms with E-state index in [1.165, 1.54) is 16.7 Å². The van der Waals surface area contributed by atoms with Crippen molar-refractivity contribution in [1.29, 1.82) is 0 Å². The maximum absolute atomic E-state index is 12.9. The molecule has 26 heavy (non-hydrogen) atoms. The van der Waals surface area contributed by atoms with E-state index in [2.05, 4.69) is 10.1 Å². The Bertz CT molecular complexity index is 746. The molecule has 10 heteroatoms. The molecule has 0 aliphatic carbocycles. The molecule has 1 fully saturated rings. The third-order valence-corrected chi connectivity index (χ3v) is 5.80. The SMILES string of the molecule is C[C@H](COCC(F)(F)F)NC(=O)[C@@]12CCC(=O)N1c1cc(Cl)ccc1S2. The topological polar surface area (TPSA) is 58.6 Å². The number of anilines is 1. The summed E-state index contributed by atoms with van der Waals surface area (Å²) < 4.78 is 41.0. The molecule has 3 rings (SSSR count). The molecule has 0 spiro atoms. The molecular formula is C16H16ClF3N2O3S.